The van der Waals surface area contributed by atoms with Crippen LogP contribution in [0.15, 0.2) is 0 Å². The lowest BCUT2D eigenvalue weighted by Gasteiger charge is -2.34. The zero-order valence-corrected chi connectivity index (χ0v) is 6.10. The van der Waals surface area contributed by atoms with E-state index in [-0.39, 0.29) is 0 Å². The van der Waals surface area contributed by atoms with Gasteiger partial charge in [-0.15, -0.1) is 0 Å². The Hall–Kier alpha value is -0.300. The zero-order valence-electron chi connectivity index (χ0n) is 6.10. The van der Waals surface area contributed by atoms with Crippen molar-refractivity contribution in [3.63, 3.8) is 0 Å². The van der Waals surface area contributed by atoms with Gasteiger partial charge in [-0.3, -0.25) is 0 Å². The van der Waals surface area contributed by atoms with Gasteiger partial charge in [0.25, 0.3) is 0 Å². The number of ether oxygens (including phenoxy) is 1. The average molecular weight is 184 g/mol. The third-order valence-corrected chi connectivity index (χ3v) is 1.78. The van der Waals surface area contributed by atoms with Crippen LogP contribution in [0.4, 0.5) is 8.78 Å². The highest BCUT2D eigenvalue weighted by Gasteiger charge is 2.45. The topological polar surface area (TPSA) is 69.9 Å². The van der Waals surface area contributed by atoms with Gasteiger partial charge in [-0.2, -0.15) is 0 Å². The summed E-state index contributed by atoms with van der Waals surface area (Å²) in [6.45, 7) is -0.661. The summed E-state index contributed by atoms with van der Waals surface area (Å²) in [5, 5.41) is 26.1. The Labute approximate surface area is 67.4 Å². The van der Waals surface area contributed by atoms with E-state index in [9.17, 15) is 8.78 Å². The smallest absolute Gasteiger partial charge is 0.189 e. The predicted molar refractivity (Wildman–Crippen MR) is 33.8 cm³/mol. The number of hydrogen-bond donors (Lipinski definition) is 3. The van der Waals surface area contributed by atoms with Crippen LogP contribution in [0.3, 0.4) is 0 Å². The number of aliphatic hydroxyl groups excluding tert-OH is 3. The van der Waals surface area contributed by atoms with Crippen LogP contribution < -0.4 is 0 Å². The molecule has 1 saturated heterocycles. The molecule has 1 rings (SSSR count). The van der Waals surface area contributed by atoms with E-state index < -0.39 is 37.4 Å². The van der Waals surface area contributed by atoms with Crippen molar-refractivity contribution in [3.05, 3.63) is 0 Å². The standard InChI is InChI=1S/C6H10F2O4/c7-3-4(8)6(11)12-2(1-9)5(3)10/h2-6,9-11H,1H2/t2-,3-,4-,5-,6?/m1/s1. The second-order valence-electron chi connectivity index (χ2n) is 2.63. The lowest BCUT2D eigenvalue weighted by Crippen LogP contribution is -2.55. The van der Waals surface area contributed by atoms with Crippen molar-refractivity contribution in [2.45, 2.75) is 30.8 Å². The molecule has 0 bridgehead atoms. The van der Waals surface area contributed by atoms with E-state index in [2.05, 4.69) is 4.74 Å². The summed E-state index contributed by atoms with van der Waals surface area (Å²) in [5.74, 6) is 0. The molecule has 5 atom stereocenters. The van der Waals surface area contributed by atoms with Crippen LogP contribution in [0.25, 0.3) is 0 Å². The highest BCUT2D eigenvalue weighted by Crippen LogP contribution is 2.24. The van der Waals surface area contributed by atoms with E-state index in [1.54, 1.807) is 0 Å². The van der Waals surface area contributed by atoms with Crippen molar-refractivity contribution < 1.29 is 28.8 Å². The molecule has 12 heavy (non-hydrogen) atoms. The van der Waals surface area contributed by atoms with Crippen molar-refractivity contribution in [3.8, 4) is 0 Å². The maximum atomic E-state index is 12.7. The Balaban J connectivity index is 2.63. The normalized spacial score (nSPS) is 49.2. The van der Waals surface area contributed by atoms with Crippen molar-refractivity contribution >= 4 is 0 Å². The molecule has 0 aromatic heterocycles. The van der Waals surface area contributed by atoms with Crippen molar-refractivity contribution in [1.29, 1.82) is 0 Å². The minimum Gasteiger partial charge on any atom is -0.394 e. The van der Waals surface area contributed by atoms with Crippen LogP contribution in [-0.2, 0) is 4.74 Å². The summed E-state index contributed by atoms with van der Waals surface area (Å²) in [6, 6.07) is 0. The molecule has 72 valence electrons. The van der Waals surface area contributed by atoms with E-state index in [1.165, 1.54) is 0 Å². The van der Waals surface area contributed by atoms with Crippen LogP contribution >= 0.6 is 0 Å². The average Bonchev–Trinajstić information content (AvgIpc) is 2.08. The number of hydrogen-bond acceptors (Lipinski definition) is 4. The van der Waals surface area contributed by atoms with E-state index in [1.807, 2.05) is 0 Å². The summed E-state index contributed by atoms with van der Waals surface area (Å²) in [4.78, 5) is 0. The van der Waals surface area contributed by atoms with Crippen LogP contribution in [-0.4, -0.2) is 52.8 Å². The van der Waals surface area contributed by atoms with Crippen LogP contribution in [0, 0.1) is 0 Å². The number of aliphatic hydroxyl groups is 3. The molecule has 0 aromatic rings. The molecule has 4 nitrogen and oxygen atoms in total. The highest BCUT2D eigenvalue weighted by atomic mass is 19.2. The van der Waals surface area contributed by atoms with Crippen LogP contribution in [0.5, 0.6) is 0 Å². The highest BCUT2D eigenvalue weighted by molar-refractivity contribution is 4.88. The molecule has 0 aromatic carbocycles. The van der Waals surface area contributed by atoms with Crippen molar-refractivity contribution in [2.24, 2.45) is 0 Å². The molecule has 6 heteroatoms. The number of alkyl halides is 2. The van der Waals surface area contributed by atoms with E-state index in [0.717, 1.165) is 0 Å². The van der Waals surface area contributed by atoms with Gasteiger partial charge in [0.2, 0.25) is 0 Å². The third-order valence-electron chi connectivity index (χ3n) is 1.78. The molecule has 0 saturated carbocycles. The second kappa shape index (κ2) is 3.61. The molecule has 1 unspecified atom stereocenters. The van der Waals surface area contributed by atoms with Crippen molar-refractivity contribution in [1.82, 2.24) is 0 Å². The van der Waals surface area contributed by atoms with Gasteiger partial charge in [-0.05, 0) is 0 Å². The molecule has 1 aliphatic heterocycles. The van der Waals surface area contributed by atoms with Gasteiger partial charge >= 0.3 is 0 Å². The molecule has 0 aliphatic carbocycles. The van der Waals surface area contributed by atoms with Gasteiger partial charge in [-0.1, -0.05) is 0 Å². The summed E-state index contributed by atoms with van der Waals surface area (Å²) < 4.78 is 29.6. The number of rotatable bonds is 1. The minimum atomic E-state index is -2.26. The van der Waals surface area contributed by atoms with Crippen molar-refractivity contribution in [2.75, 3.05) is 6.61 Å². The molecular formula is C6H10F2O4. The first-order valence-electron chi connectivity index (χ1n) is 3.48. The molecule has 0 spiro atoms. The van der Waals surface area contributed by atoms with Crippen LogP contribution in [0.1, 0.15) is 0 Å². The van der Waals surface area contributed by atoms with E-state index >= 15 is 0 Å². The summed E-state index contributed by atoms with van der Waals surface area (Å²) in [6.07, 6.45) is -9.38. The fourth-order valence-corrected chi connectivity index (χ4v) is 1.04. The quantitative estimate of drug-likeness (QED) is 0.475. The number of halogens is 2. The maximum absolute atomic E-state index is 12.7. The third kappa shape index (κ3) is 1.56. The fourth-order valence-electron chi connectivity index (χ4n) is 1.04. The van der Waals surface area contributed by atoms with Gasteiger partial charge in [0.05, 0.1) is 6.61 Å². The Kier molecular flexibility index (Phi) is 2.94. The van der Waals surface area contributed by atoms with Gasteiger partial charge in [-0.25, -0.2) is 8.78 Å². The van der Waals surface area contributed by atoms with E-state index in [4.69, 9.17) is 15.3 Å². The first-order chi connectivity index (χ1) is 5.57. The fraction of sp³-hybridized carbons (Fsp3) is 1.00. The lowest BCUT2D eigenvalue weighted by molar-refractivity contribution is -0.259. The summed E-state index contributed by atoms with van der Waals surface area (Å²) in [7, 11) is 0. The largest absolute Gasteiger partial charge is 0.394 e. The van der Waals surface area contributed by atoms with Gasteiger partial charge in [0.15, 0.2) is 18.6 Å². The molecule has 1 heterocycles. The Morgan fingerprint density at radius 1 is 1.17 bits per heavy atom. The molecule has 3 N–H and O–H groups in total. The zero-order chi connectivity index (χ0) is 9.30. The maximum Gasteiger partial charge on any atom is 0.189 e. The summed E-state index contributed by atoms with van der Waals surface area (Å²) in [5.41, 5.74) is 0. The first kappa shape index (κ1) is 9.79. The molecule has 0 amide bonds. The van der Waals surface area contributed by atoms with Crippen LogP contribution in [0.2, 0.25) is 0 Å². The SMILES string of the molecule is OC[C@H]1OC(O)[C@H](F)[C@@H](F)[C@@H]1O. The predicted octanol–water partition coefficient (Wildman–Crippen LogP) is -1.27. The molecule has 1 aliphatic rings. The van der Waals surface area contributed by atoms with Gasteiger partial charge in [0, 0.05) is 0 Å². The summed E-state index contributed by atoms with van der Waals surface area (Å²) >= 11 is 0. The van der Waals surface area contributed by atoms with Gasteiger partial charge < -0.3 is 20.1 Å². The monoisotopic (exact) mass is 184 g/mol. The second-order valence-corrected chi connectivity index (χ2v) is 2.63. The molecule has 0 radical (unpaired) electrons. The lowest BCUT2D eigenvalue weighted by atomic mass is 10.0. The molecule has 1 fully saturated rings. The minimum absolute atomic E-state index is 0.661. The van der Waals surface area contributed by atoms with E-state index in [0.29, 0.717) is 0 Å². The molecular weight excluding hydrogens is 174 g/mol. The Morgan fingerprint density at radius 3 is 2.25 bits per heavy atom. The van der Waals surface area contributed by atoms with Gasteiger partial charge in [0.1, 0.15) is 12.2 Å². The first-order valence-corrected chi connectivity index (χ1v) is 3.48. The Morgan fingerprint density at radius 2 is 1.75 bits per heavy atom. The Bertz CT molecular complexity index is 152.